The van der Waals surface area contributed by atoms with Crippen LogP contribution in [0.4, 0.5) is 8.78 Å². The summed E-state index contributed by atoms with van der Waals surface area (Å²) in [5.74, 6) is -3.50. The summed E-state index contributed by atoms with van der Waals surface area (Å²) >= 11 is 0. The Kier molecular flexibility index (Phi) is 11.5. The number of nitrogens with two attached hydrogens (primary N) is 1. The molecule has 252 valence electrons. The van der Waals surface area contributed by atoms with Crippen LogP contribution in [0.5, 0.6) is 0 Å². The fourth-order valence-corrected chi connectivity index (χ4v) is 5.66. The zero-order chi connectivity index (χ0) is 34.4. The number of hydrogen-bond donors (Lipinski definition) is 3. The summed E-state index contributed by atoms with van der Waals surface area (Å²) in [6.45, 7) is 3.48. The van der Waals surface area contributed by atoms with Gasteiger partial charge in [0.2, 0.25) is 17.7 Å². The number of benzene rings is 3. The number of rotatable bonds is 14. The van der Waals surface area contributed by atoms with Crippen molar-refractivity contribution in [2.75, 3.05) is 27.2 Å². The van der Waals surface area contributed by atoms with E-state index in [1.54, 1.807) is 27.0 Å². The molecule has 8 nitrogen and oxygen atoms in total. The number of amides is 3. The zero-order valence-electron chi connectivity index (χ0n) is 27.6. The Morgan fingerprint density at radius 2 is 1.57 bits per heavy atom. The van der Waals surface area contributed by atoms with Crippen molar-refractivity contribution in [3.63, 3.8) is 0 Å². The SMILES string of the molecule is CN(C(=O)/C=C/CC1(N)CCC1)[C@H](Cc1ccc2ccccc2c1)C(=O)N(C)[C@H](Cc1ccc(F)c(F)c1)C(=O)NCC(C)(C)CO. The van der Waals surface area contributed by atoms with Gasteiger partial charge in [0, 0.05) is 51.0 Å². The van der Waals surface area contributed by atoms with Crippen LogP contribution in [0.3, 0.4) is 0 Å². The fourth-order valence-electron chi connectivity index (χ4n) is 5.66. The van der Waals surface area contributed by atoms with Crippen LogP contribution >= 0.6 is 0 Å². The molecule has 47 heavy (non-hydrogen) atoms. The molecule has 1 aliphatic carbocycles. The maximum Gasteiger partial charge on any atom is 0.246 e. The Morgan fingerprint density at radius 1 is 0.936 bits per heavy atom. The third kappa shape index (κ3) is 9.23. The van der Waals surface area contributed by atoms with E-state index >= 15 is 0 Å². The summed E-state index contributed by atoms with van der Waals surface area (Å²) in [6, 6.07) is 14.9. The molecule has 4 rings (SSSR count). The van der Waals surface area contributed by atoms with E-state index < -0.39 is 40.9 Å². The quantitative estimate of drug-likeness (QED) is 0.223. The van der Waals surface area contributed by atoms with Crippen molar-refractivity contribution in [3.8, 4) is 0 Å². The van der Waals surface area contributed by atoms with E-state index in [0.717, 1.165) is 47.7 Å². The number of likely N-dealkylation sites (N-methyl/N-ethyl adjacent to an activating group) is 2. The number of nitrogens with zero attached hydrogens (tertiary/aromatic N) is 2. The lowest BCUT2D eigenvalue weighted by Crippen LogP contribution is -2.56. The molecule has 0 spiro atoms. The second-order valence-electron chi connectivity index (χ2n) is 13.6. The maximum atomic E-state index is 14.4. The Hall–Kier alpha value is -4.15. The van der Waals surface area contributed by atoms with Crippen molar-refractivity contribution >= 4 is 28.5 Å². The van der Waals surface area contributed by atoms with E-state index in [0.29, 0.717) is 12.0 Å². The van der Waals surface area contributed by atoms with Gasteiger partial charge in [-0.25, -0.2) is 8.78 Å². The molecule has 3 amide bonds. The molecular formula is C37H46F2N4O4. The van der Waals surface area contributed by atoms with Gasteiger partial charge in [-0.1, -0.05) is 68.5 Å². The molecule has 1 aliphatic rings. The summed E-state index contributed by atoms with van der Waals surface area (Å²) in [7, 11) is 3.03. The number of carbonyl (C=O) groups excluding carboxylic acids is 3. The highest BCUT2D eigenvalue weighted by molar-refractivity contribution is 5.95. The van der Waals surface area contributed by atoms with Crippen LogP contribution in [-0.2, 0) is 27.2 Å². The molecule has 0 radical (unpaired) electrons. The van der Waals surface area contributed by atoms with Crippen LogP contribution in [0.2, 0.25) is 0 Å². The summed E-state index contributed by atoms with van der Waals surface area (Å²) in [5.41, 5.74) is 6.53. The van der Waals surface area contributed by atoms with Crippen molar-refractivity contribution in [1.82, 2.24) is 15.1 Å². The van der Waals surface area contributed by atoms with Gasteiger partial charge in [-0.15, -0.1) is 0 Å². The van der Waals surface area contributed by atoms with Crippen LogP contribution in [-0.4, -0.2) is 77.5 Å². The van der Waals surface area contributed by atoms with Gasteiger partial charge in [0.15, 0.2) is 11.6 Å². The first kappa shape index (κ1) is 35.7. The van der Waals surface area contributed by atoms with E-state index in [1.807, 2.05) is 42.5 Å². The zero-order valence-corrected chi connectivity index (χ0v) is 27.6. The molecule has 4 N–H and O–H groups in total. The topological polar surface area (TPSA) is 116 Å². The molecule has 0 aliphatic heterocycles. The monoisotopic (exact) mass is 648 g/mol. The van der Waals surface area contributed by atoms with Crippen molar-refractivity contribution in [2.24, 2.45) is 11.1 Å². The Labute approximate surface area is 275 Å². The largest absolute Gasteiger partial charge is 0.396 e. The van der Waals surface area contributed by atoms with E-state index in [4.69, 9.17) is 5.73 Å². The molecule has 3 aromatic rings. The van der Waals surface area contributed by atoms with E-state index in [2.05, 4.69) is 5.32 Å². The third-order valence-corrected chi connectivity index (χ3v) is 9.18. The summed E-state index contributed by atoms with van der Waals surface area (Å²) in [4.78, 5) is 44.1. The average Bonchev–Trinajstić information content (AvgIpc) is 3.04. The van der Waals surface area contributed by atoms with E-state index in [1.165, 1.54) is 29.0 Å². The highest BCUT2D eigenvalue weighted by Crippen LogP contribution is 2.32. The first-order chi connectivity index (χ1) is 22.2. The van der Waals surface area contributed by atoms with Crippen LogP contribution in [0.1, 0.15) is 50.7 Å². The van der Waals surface area contributed by atoms with Gasteiger partial charge < -0.3 is 26.0 Å². The molecular weight excluding hydrogens is 602 g/mol. The second kappa shape index (κ2) is 15.2. The minimum absolute atomic E-state index is 0.107. The smallest absolute Gasteiger partial charge is 0.246 e. The normalized spacial score (nSPS) is 15.6. The molecule has 1 saturated carbocycles. The number of fused-ring (bicyclic) bond motifs is 1. The van der Waals surface area contributed by atoms with Gasteiger partial charge in [-0.3, -0.25) is 14.4 Å². The summed E-state index contributed by atoms with van der Waals surface area (Å²) < 4.78 is 27.9. The van der Waals surface area contributed by atoms with E-state index in [-0.39, 0.29) is 37.4 Å². The highest BCUT2D eigenvalue weighted by Gasteiger charge is 2.36. The number of hydrogen-bond acceptors (Lipinski definition) is 5. The third-order valence-electron chi connectivity index (χ3n) is 9.18. The predicted octanol–water partition coefficient (Wildman–Crippen LogP) is 4.52. The van der Waals surface area contributed by atoms with Crippen LogP contribution < -0.4 is 11.1 Å². The first-order valence-electron chi connectivity index (χ1n) is 16.0. The second-order valence-corrected chi connectivity index (χ2v) is 13.6. The van der Waals surface area contributed by atoms with Crippen LogP contribution in [0, 0.1) is 17.0 Å². The highest BCUT2D eigenvalue weighted by atomic mass is 19.2. The Bertz CT molecular complexity index is 1620. The molecule has 1 fully saturated rings. The maximum absolute atomic E-state index is 14.4. The molecule has 0 saturated heterocycles. The Morgan fingerprint density at radius 3 is 2.21 bits per heavy atom. The fraction of sp³-hybridized carbons (Fsp3) is 0.432. The molecule has 0 aromatic heterocycles. The van der Waals surface area contributed by atoms with Gasteiger partial charge in [0.1, 0.15) is 12.1 Å². The van der Waals surface area contributed by atoms with Crippen molar-refractivity contribution in [3.05, 3.63) is 95.6 Å². The summed E-state index contributed by atoms with van der Waals surface area (Å²) in [5, 5.41) is 14.5. The standard InChI is InChI=1S/C37H46F2N4O4/c1-36(2,24-44)23-41-34(46)31(21-26-13-15-29(38)30(39)20-26)43(4)35(47)32(22-25-12-14-27-9-5-6-10-28(27)19-25)42(3)33(45)11-7-16-37(40)17-8-18-37/h5-7,9-15,19-20,31-32,44H,8,16-18,21-24,40H2,1-4H3,(H,41,46)/b11-7+/t31-,32-/m1/s1. The summed E-state index contributed by atoms with van der Waals surface area (Å²) in [6.07, 6.45) is 6.65. The van der Waals surface area contributed by atoms with Gasteiger partial charge in [0.05, 0.1) is 0 Å². The number of nitrogens with one attached hydrogen (secondary N) is 1. The average molecular weight is 649 g/mol. The predicted molar refractivity (Wildman–Crippen MR) is 179 cm³/mol. The van der Waals surface area contributed by atoms with Crippen LogP contribution in [0.25, 0.3) is 10.8 Å². The van der Waals surface area contributed by atoms with Gasteiger partial charge >= 0.3 is 0 Å². The number of aliphatic hydroxyl groups is 1. The number of aliphatic hydroxyl groups excluding tert-OH is 1. The van der Waals surface area contributed by atoms with Gasteiger partial charge in [-0.2, -0.15) is 0 Å². The molecule has 3 aromatic carbocycles. The molecule has 0 heterocycles. The van der Waals surface area contributed by atoms with E-state index in [9.17, 15) is 28.3 Å². The van der Waals surface area contributed by atoms with Crippen LogP contribution in [0.15, 0.2) is 72.8 Å². The van der Waals surface area contributed by atoms with Crippen molar-refractivity contribution in [2.45, 2.75) is 70.0 Å². The molecule has 0 unspecified atom stereocenters. The Balaban J connectivity index is 1.65. The molecule has 10 heteroatoms. The molecule has 0 bridgehead atoms. The number of carbonyl (C=O) groups is 3. The van der Waals surface area contributed by atoms with Gasteiger partial charge in [-0.05, 0) is 65.8 Å². The lowest BCUT2D eigenvalue weighted by atomic mass is 9.75. The minimum atomic E-state index is -1.13. The first-order valence-corrected chi connectivity index (χ1v) is 16.0. The lowest BCUT2D eigenvalue weighted by Gasteiger charge is -2.37. The molecule has 2 atom stereocenters. The lowest BCUT2D eigenvalue weighted by molar-refractivity contribution is -0.146. The van der Waals surface area contributed by atoms with Crippen molar-refractivity contribution in [1.29, 1.82) is 0 Å². The number of halogens is 2. The van der Waals surface area contributed by atoms with Gasteiger partial charge in [0.25, 0.3) is 0 Å². The minimum Gasteiger partial charge on any atom is -0.396 e. The van der Waals surface area contributed by atoms with Crippen molar-refractivity contribution < 1.29 is 28.3 Å².